The molecule has 2 aromatic carbocycles. The Hall–Kier alpha value is -3.10. The summed E-state index contributed by atoms with van der Waals surface area (Å²) in [6.07, 6.45) is 2.48. The average molecular weight is 458 g/mol. The molecule has 0 aliphatic heterocycles. The van der Waals surface area contributed by atoms with Crippen LogP contribution in [-0.4, -0.2) is 21.2 Å². The molecule has 0 bridgehead atoms. The first-order valence-electron chi connectivity index (χ1n) is 9.56. The molecule has 9 heteroatoms. The molecule has 158 valence electrons. The topological polar surface area (TPSA) is 73.6 Å². The highest BCUT2D eigenvalue weighted by atomic mass is 35.5. The number of fused-ring (bicyclic) bond motifs is 1. The number of ether oxygens (including phenoxy) is 1. The lowest BCUT2D eigenvalue weighted by Gasteiger charge is -2.05. The number of hydrogen-bond acceptors (Lipinski definition) is 6. The van der Waals surface area contributed by atoms with Gasteiger partial charge >= 0.3 is 0 Å². The Morgan fingerprint density at radius 3 is 2.68 bits per heavy atom. The van der Waals surface area contributed by atoms with Gasteiger partial charge in [-0.1, -0.05) is 48.1 Å². The van der Waals surface area contributed by atoms with E-state index in [0.717, 1.165) is 33.6 Å². The van der Waals surface area contributed by atoms with E-state index < -0.39 is 16.9 Å². The van der Waals surface area contributed by atoms with Crippen LogP contribution in [0.5, 0.6) is 5.75 Å². The molecule has 0 fully saturated rings. The van der Waals surface area contributed by atoms with Crippen molar-refractivity contribution in [1.82, 2.24) is 14.6 Å². The third-order valence-corrected chi connectivity index (χ3v) is 5.78. The maximum Gasteiger partial charge on any atom is 0.296 e. The molecule has 0 aliphatic rings. The summed E-state index contributed by atoms with van der Waals surface area (Å²) in [7, 11) is 0. The SMILES string of the molecule is CCCOc1ccc(Cc2nn3c(=O)/c(=C\c4c(F)cccc4Cl)sc3nc2=O)cc1. The molecule has 0 spiro atoms. The molecule has 0 saturated heterocycles. The molecular formula is C22H17ClFN3O3S. The van der Waals surface area contributed by atoms with Crippen molar-refractivity contribution >= 4 is 34.0 Å². The fourth-order valence-corrected chi connectivity index (χ4v) is 4.05. The van der Waals surface area contributed by atoms with E-state index in [-0.39, 0.29) is 32.2 Å². The normalized spacial score (nSPS) is 11.9. The van der Waals surface area contributed by atoms with Gasteiger partial charge in [0.1, 0.15) is 17.3 Å². The first-order chi connectivity index (χ1) is 15.0. The number of hydrogen-bond donors (Lipinski definition) is 0. The zero-order chi connectivity index (χ0) is 22.0. The van der Waals surface area contributed by atoms with E-state index in [0.29, 0.717) is 6.61 Å². The minimum atomic E-state index is -0.549. The van der Waals surface area contributed by atoms with E-state index >= 15 is 0 Å². The number of rotatable bonds is 6. The molecule has 0 amide bonds. The van der Waals surface area contributed by atoms with E-state index in [1.165, 1.54) is 24.3 Å². The van der Waals surface area contributed by atoms with Gasteiger partial charge < -0.3 is 4.74 Å². The second kappa shape index (κ2) is 8.95. The number of benzene rings is 2. The van der Waals surface area contributed by atoms with Crippen molar-refractivity contribution in [1.29, 1.82) is 0 Å². The Labute approximate surface area is 185 Å². The average Bonchev–Trinajstić information content (AvgIpc) is 3.05. The van der Waals surface area contributed by atoms with Gasteiger partial charge in [0.05, 0.1) is 16.2 Å². The molecular weight excluding hydrogens is 441 g/mol. The standard InChI is InChI=1S/C22H17ClFN3O3S/c1-2-10-30-14-8-6-13(7-9-14)11-18-20(28)25-22-27(26-18)21(29)19(31-22)12-15-16(23)4-3-5-17(15)24/h3-9,12H,2,10-11H2,1H3/b19-12+. The maximum absolute atomic E-state index is 14.1. The van der Waals surface area contributed by atoms with Crippen LogP contribution in [0.15, 0.2) is 52.1 Å². The van der Waals surface area contributed by atoms with Crippen molar-refractivity contribution in [2.24, 2.45) is 0 Å². The quantitative estimate of drug-likeness (QED) is 0.444. The second-order valence-electron chi connectivity index (χ2n) is 6.78. The minimum Gasteiger partial charge on any atom is -0.494 e. The van der Waals surface area contributed by atoms with Crippen LogP contribution in [0.25, 0.3) is 11.0 Å². The van der Waals surface area contributed by atoms with E-state index in [1.54, 1.807) is 0 Å². The molecule has 2 aromatic heterocycles. The molecule has 31 heavy (non-hydrogen) atoms. The van der Waals surface area contributed by atoms with Crippen LogP contribution in [0.1, 0.15) is 30.2 Å². The Morgan fingerprint density at radius 1 is 1.19 bits per heavy atom. The Morgan fingerprint density at radius 2 is 1.97 bits per heavy atom. The lowest BCUT2D eigenvalue weighted by molar-refractivity contribution is 0.317. The van der Waals surface area contributed by atoms with Crippen LogP contribution in [0, 0.1) is 5.82 Å². The summed E-state index contributed by atoms with van der Waals surface area (Å²) in [5.41, 5.74) is 0.0775. The van der Waals surface area contributed by atoms with Gasteiger partial charge in [0, 0.05) is 12.0 Å². The first-order valence-corrected chi connectivity index (χ1v) is 10.8. The molecule has 4 rings (SSSR count). The van der Waals surface area contributed by atoms with Crippen LogP contribution >= 0.6 is 22.9 Å². The Kier molecular flexibility index (Phi) is 6.11. The largest absolute Gasteiger partial charge is 0.494 e. The van der Waals surface area contributed by atoms with Crippen molar-refractivity contribution < 1.29 is 9.13 Å². The van der Waals surface area contributed by atoms with Gasteiger partial charge in [-0.2, -0.15) is 14.6 Å². The second-order valence-corrected chi connectivity index (χ2v) is 8.19. The van der Waals surface area contributed by atoms with E-state index in [9.17, 15) is 14.0 Å². The molecule has 6 nitrogen and oxygen atoms in total. The van der Waals surface area contributed by atoms with E-state index in [2.05, 4.69) is 10.1 Å². The van der Waals surface area contributed by atoms with Crippen LogP contribution in [0.3, 0.4) is 0 Å². The van der Waals surface area contributed by atoms with Crippen LogP contribution < -0.4 is 20.4 Å². The molecule has 0 saturated carbocycles. The highest BCUT2D eigenvalue weighted by Gasteiger charge is 2.13. The Balaban J connectivity index is 1.71. The van der Waals surface area contributed by atoms with Gasteiger partial charge in [0.25, 0.3) is 11.1 Å². The number of nitrogens with zero attached hydrogens (tertiary/aromatic N) is 3. The van der Waals surface area contributed by atoms with Crippen molar-refractivity contribution in [3.63, 3.8) is 0 Å². The van der Waals surface area contributed by atoms with Gasteiger partial charge in [0.2, 0.25) is 4.96 Å². The smallest absolute Gasteiger partial charge is 0.296 e. The molecule has 0 aliphatic carbocycles. The van der Waals surface area contributed by atoms with Crippen molar-refractivity contribution in [3.8, 4) is 5.75 Å². The molecule has 0 atom stereocenters. The Bertz CT molecular complexity index is 1400. The number of halogens is 2. The van der Waals surface area contributed by atoms with Gasteiger partial charge in [-0.25, -0.2) is 4.39 Å². The van der Waals surface area contributed by atoms with Crippen LogP contribution in [-0.2, 0) is 6.42 Å². The number of thiazole rings is 1. The van der Waals surface area contributed by atoms with Gasteiger partial charge in [0.15, 0.2) is 0 Å². The van der Waals surface area contributed by atoms with E-state index in [4.69, 9.17) is 16.3 Å². The third kappa shape index (κ3) is 4.50. The van der Waals surface area contributed by atoms with Gasteiger partial charge in [-0.3, -0.25) is 9.59 Å². The molecule has 0 unspecified atom stereocenters. The van der Waals surface area contributed by atoms with Crippen molar-refractivity contribution in [3.05, 3.63) is 95.4 Å². The third-order valence-electron chi connectivity index (χ3n) is 4.49. The summed E-state index contributed by atoms with van der Waals surface area (Å²) in [5.74, 6) is 0.197. The van der Waals surface area contributed by atoms with E-state index in [1.807, 2.05) is 31.2 Å². The molecule has 0 radical (unpaired) electrons. The fourth-order valence-electron chi connectivity index (χ4n) is 2.95. The predicted molar refractivity (Wildman–Crippen MR) is 119 cm³/mol. The monoisotopic (exact) mass is 457 g/mol. The summed E-state index contributed by atoms with van der Waals surface area (Å²) in [4.78, 5) is 29.3. The van der Waals surface area contributed by atoms with Gasteiger partial charge in [-0.05, 0) is 42.3 Å². The molecule has 0 N–H and O–H groups in total. The zero-order valence-electron chi connectivity index (χ0n) is 16.5. The summed E-state index contributed by atoms with van der Waals surface area (Å²) in [5, 5.41) is 4.39. The lowest BCUT2D eigenvalue weighted by Crippen LogP contribution is -2.28. The van der Waals surface area contributed by atoms with Crippen LogP contribution in [0.2, 0.25) is 5.02 Å². The zero-order valence-corrected chi connectivity index (χ0v) is 18.0. The molecule has 2 heterocycles. The fraction of sp³-hybridized carbons (Fsp3) is 0.182. The highest BCUT2D eigenvalue weighted by Crippen LogP contribution is 2.19. The summed E-state index contributed by atoms with van der Waals surface area (Å²) < 4.78 is 20.9. The predicted octanol–water partition coefficient (Wildman–Crippen LogP) is 3.23. The highest BCUT2D eigenvalue weighted by molar-refractivity contribution is 7.15. The molecule has 4 aromatic rings. The van der Waals surface area contributed by atoms with Crippen molar-refractivity contribution in [2.45, 2.75) is 19.8 Å². The maximum atomic E-state index is 14.1. The summed E-state index contributed by atoms with van der Waals surface area (Å²) in [6, 6.07) is 11.6. The van der Waals surface area contributed by atoms with Gasteiger partial charge in [-0.15, -0.1) is 0 Å². The lowest BCUT2D eigenvalue weighted by atomic mass is 10.1. The van der Waals surface area contributed by atoms with Crippen molar-refractivity contribution in [2.75, 3.05) is 6.61 Å². The minimum absolute atomic E-state index is 0.0985. The summed E-state index contributed by atoms with van der Waals surface area (Å²) in [6.45, 7) is 2.66. The summed E-state index contributed by atoms with van der Waals surface area (Å²) >= 11 is 7.00. The van der Waals surface area contributed by atoms with Crippen LogP contribution in [0.4, 0.5) is 4.39 Å². The number of aromatic nitrogens is 3. The first kappa shape index (κ1) is 21.1.